The number of aryl methyl sites for hydroxylation is 1. The highest BCUT2D eigenvalue weighted by Crippen LogP contribution is 2.38. The van der Waals surface area contributed by atoms with E-state index in [4.69, 9.17) is 10.5 Å². The predicted molar refractivity (Wildman–Crippen MR) is 62.6 cm³/mol. The van der Waals surface area contributed by atoms with Crippen molar-refractivity contribution in [2.45, 2.75) is 26.3 Å². The first-order valence-electron chi connectivity index (χ1n) is 4.61. The molecule has 0 radical (unpaired) electrons. The molecule has 0 spiro atoms. The van der Waals surface area contributed by atoms with Gasteiger partial charge in [-0.2, -0.15) is 0 Å². The van der Waals surface area contributed by atoms with Crippen LogP contribution in [0.5, 0.6) is 5.75 Å². The van der Waals surface area contributed by atoms with E-state index in [-0.39, 0.29) is 5.82 Å². The third-order valence-corrected chi connectivity index (χ3v) is 2.98. The first kappa shape index (κ1) is 12.5. The quantitative estimate of drug-likeness (QED) is 0.900. The van der Waals surface area contributed by atoms with Crippen molar-refractivity contribution in [2.24, 2.45) is 5.73 Å². The van der Waals surface area contributed by atoms with E-state index in [9.17, 15) is 4.39 Å². The van der Waals surface area contributed by atoms with E-state index in [2.05, 4.69) is 15.9 Å². The summed E-state index contributed by atoms with van der Waals surface area (Å²) in [5.74, 6) is 0.317. The third kappa shape index (κ3) is 2.32. The second kappa shape index (κ2) is 4.10. The number of halogens is 2. The zero-order chi connectivity index (χ0) is 11.8. The maximum Gasteiger partial charge on any atom is 0.138 e. The lowest BCUT2D eigenvalue weighted by Gasteiger charge is -2.25. The second-order valence-corrected chi connectivity index (χ2v) is 4.91. The Hall–Kier alpha value is -0.610. The van der Waals surface area contributed by atoms with E-state index < -0.39 is 5.54 Å². The Labute approximate surface area is 97.7 Å². The summed E-state index contributed by atoms with van der Waals surface area (Å²) in [6.45, 7) is 5.42. The molecule has 4 heteroatoms. The van der Waals surface area contributed by atoms with Crippen LogP contribution in [-0.4, -0.2) is 7.11 Å². The molecule has 0 saturated heterocycles. The highest BCUT2D eigenvalue weighted by Gasteiger charge is 2.26. The maximum absolute atomic E-state index is 13.5. The molecule has 84 valence electrons. The molecule has 0 aromatic heterocycles. The van der Waals surface area contributed by atoms with Crippen LogP contribution < -0.4 is 10.5 Å². The molecule has 1 aromatic rings. The second-order valence-electron chi connectivity index (χ2n) is 4.12. The normalized spacial score (nSPS) is 11.7. The van der Waals surface area contributed by atoms with Gasteiger partial charge in [-0.3, -0.25) is 0 Å². The topological polar surface area (TPSA) is 35.2 Å². The summed E-state index contributed by atoms with van der Waals surface area (Å²) in [5.41, 5.74) is 6.74. The summed E-state index contributed by atoms with van der Waals surface area (Å²) in [6, 6.07) is 1.43. The molecule has 0 bridgehead atoms. The van der Waals surface area contributed by atoms with Crippen molar-refractivity contribution in [1.29, 1.82) is 0 Å². The van der Waals surface area contributed by atoms with Gasteiger partial charge in [0.1, 0.15) is 11.6 Å². The Morgan fingerprint density at radius 3 is 2.40 bits per heavy atom. The molecule has 15 heavy (non-hydrogen) atoms. The summed E-state index contributed by atoms with van der Waals surface area (Å²) < 4.78 is 19.2. The molecule has 0 aliphatic carbocycles. The third-order valence-electron chi connectivity index (χ3n) is 2.21. The van der Waals surface area contributed by atoms with E-state index in [0.29, 0.717) is 15.8 Å². The van der Waals surface area contributed by atoms with Crippen molar-refractivity contribution in [3.05, 3.63) is 27.5 Å². The molecule has 1 aromatic carbocycles. The van der Waals surface area contributed by atoms with Crippen molar-refractivity contribution in [2.75, 3.05) is 7.11 Å². The van der Waals surface area contributed by atoms with Crippen LogP contribution in [0.1, 0.15) is 25.0 Å². The minimum atomic E-state index is -0.656. The first-order chi connectivity index (χ1) is 6.79. The van der Waals surface area contributed by atoms with Gasteiger partial charge in [-0.25, -0.2) is 4.39 Å². The monoisotopic (exact) mass is 275 g/mol. The van der Waals surface area contributed by atoms with Crippen LogP contribution in [0.3, 0.4) is 0 Å². The zero-order valence-electron chi connectivity index (χ0n) is 9.32. The summed E-state index contributed by atoms with van der Waals surface area (Å²) in [5, 5.41) is 0. The van der Waals surface area contributed by atoms with Gasteiger partial charge in [-0.15, -0.1) is 0 Å². The standard InChI is InChI=1S/C11H15BrFNO/c1-6-5-7(13)9(12)8(10(6)15-4)11(2,3)14/h5H,14H2,1-4H3. The largest absolute Gasteiger partial charge is 0.496 e. The van der Waals surface area contributed by atoms with E-state index in [1.165, 1.54) is 6.07 Å². The molecule has 0 aliphatic heterocycles. The number of benzene rings is 1. The van der Waals surface area contributed by atoms with E-state index in [1.54, 1.807) is 14.0 Å². The molecular weight excluding hydrogens is 261 g/mol. The molecular formula is C11H15BrFNO. The summed E-state index contributed by atoms with van der Waals surface area (Å²) >= 11 is 3.21. The Balaban J connectivity index is 3.59. The van der Waals surface area contributed by atoms with Crippen molar-refractivity contribution < 1.29 is 9.13 Å². The van der Waals surface area contributed by atoms with E-state index >= 15 is 0 Å². The van der Waals surface area contributed by atoms with Crippen molar-refractivity contribution in [1.82, 2.24) is 0 Å². The zero-order valence-corrected chi connectivity index (χ0v) is 10.9. The van der Waals surface area contributed by atoms with Crippen LogP contribution in [0.4, 0.5) is 4.39 Å². The lowest BCUT2D eigenvalue weighted by Crippen LogP contribution is -2.30. The summed E-state index contributed by atoms with van der Waals surface area (Å²) in [7, 11) is 1.56. The average Bonchev–Trinajstić information content (AvgIpc) is 2.08. The van der Waals surface area contributed by atoms with Crippen LogP contribution >= 0.6 is 15.9 Å². The number of hydrogen-bond acceptors (Lipinski definition) is 2. The minimum absolute atomic E-state index is 0.318. The van der Waals surface area contributed by atoms with Crippen LogP contribution in [0.15, 0.2) is 10.5 Å². The Morgan fingerprint density at radius 2 is 2.00 bits per heavy atom. The highest BCUT2D eigenvalue weighted by molar-refractivity contribution is 9.10. The maximum atomic E-state index is 13.5. The van der Waals surface area contributed by atoms with Crippen LogP contribution in [0.25, 0.3) is 0 Å². The molecule has 0 amide bonds. The van der Waals surface area contributed by atoms with Crippen molar-refractivity contribution in [3.8, 4) is 5.75 Å². The lowest BCUT2D eigenvalue weighted by atomic mass is 9.92. The Kier molecular flexibility index (Phi) is 3.41. The number of hydrogen-bond donors (Lipinski definition) is 1. The molecule has 0 fully saturated rings. The SMILES string of the molecule is COc1c(C)cc(F)c(Br)c1C(C)(C)N. The first-order valence-corrected chi connectivity index (χ1v) is 5.40. The van der Waals surface area contributed by atoms with Gasteiger partial charge in [0.25, 0.3) is 0 Å². The molecule has 1 rings (SSSR count). The van der Waals surface area contributed by atoms with Crippen molar-refractivity contribution in [3.63, 3.8) is 0 Å². The van der Waals surface area contributed by atoms with Crippen molar-refractivity contribution >= 4 is 15.9 Å². The molecule has 0 atom stereocenters. The van der Waals surface area contributed by atoms with E-state index in [0.717, 1.165) is 5.56 Å². The number of rotatable bonds is 2. The molecule has 0 saturated carbocycles. The summed E-state index contributed by atoms with van der Waals surface area (Å²) in [4.78, 5) is 0. The van der Waals surface area contributed by atoms with Gasteiger partial charge in [-0.1, -0.05) is 0 Å². The summed E-state index contributed by atoms with van der Waals surface area (Å²) in [6.07, 6.45) is 0. The smallest absolute Gasteiger partial charge is 0.138 e. The van der Waals surface area contributed by atoms with Crippen LogP contribution in [0, 0.1) is 12.7 Å². The molecule has 0 heterocycles. The van der Waals surface area contributed by atoms with E-state index in [1.807, 2.05) is 13.8 Å². The van der Waals surface area contributed by atoms with Gasteiger partial charge in [0.2, 0.25) is 0 Å². The fourth-order valence-electron chi connectivity index (χ4n) is 1.57. The highest BCUT2D eigenvalue weighted by atomic mass is 79.9. The number of ether oxygens (including phenoxy) is 1. The van der Waals surface area contributed by atoms with Gasteiger partial charge in [0.15, 0.2) is 0 Å². The number of nitrogens with two attached hydrogens (primary N) is 1. The van der Waals surface area contributed by atoms with Crippen LogP contribution in [0.2, 0.25) is 0 Å². The minimum Gasteiger partial charge on any atom is -0.496 e. The number of methoxy groups -OCH3 is 1. The average molecular weight is 276 g/mol. The van der Waals surface area contributed by atoms with Gasteiger partial charge in [0.05, 0.1) is 11.6 Å². The fourth-order valence-corrected chi connectivity index (χ4v) is 2.38. The van der Waals surface area contributed by atoms with Gasteiger partial charge in [0, 0.05) is 11.1 Å². The fraction of sp³-hybridized carbons (Fsp3) is 0.455. The van der Waals surface area contributed by atoms with Gasteiger partial charge in [-0.05, 0) is 48.3 Å². The molecule has 2 nitrogen and oxygen atoms in total. The van der Waals surface area contributed by atoms with Crippen LogP contribution in [-0.2, 0) is 5.54 Å². The lowest BCUT2D eigenvalue weighted by molar-refractivity contribution is 0.388. The molecule has 2 N–H and O–H groups in total. The Morgan fingerprint density at radius 1 is 1.47 bits per heavy atom. The predicted octanol–water partition coefficient (Wildman–Crippen LogP) is 3.10. The molecule has 0 aliphatic rings. The Bertz CT molecular complexity index is 385. The van der Waals surface area contributed by atoms with Gasteiger partial charge >= 0.3 is 0 Å². The molecule has 0 unspecified atom stereocenters. The van der Waals surface area contributed by atoms with Gasteiger partial charge < -0.3 is 10.5 Å².